The highest BCUT2D eigenvalue weighted by Gasteiger charge is 2.43. The van der Waals surface area contributed by atoms with Gasteiger partial charge >= 0.3 is 0 Å². The quantitative estimate of drug-likeness (QED) is 0.743. The Morgan fingerprint density at radius 1 is 1.25 bits per heavy atom. The normalized spacial score (nSPS) is 32.8. The predicted octanol–water partition coefficient (Wildman–Crippen LogP) is 2.36. The maximum Gasteiger partial charge on any atom is 0.0726 e. The van der Waals surface area contributed by atoms with Crippen molar-refractivity contribution in [2.45, 2.75) is 63.5 Å². The maximum absolute atomic E-state index is 8.75. The van der Waals surface area contributed by atoms with Gasteiger partial charge < -0.3 is 10.5 Å². The second-order valence-electron chi connectivity index (χ2n) is 5.49. The Labute approximate surface area is 98.0 Å². The largest absolute Gasteiger partial charge is 0.376 e. The van der Waals surface area contributed by atoms with Crippen LogP contribution in [0.2, 0.25) is 0 Å². The molecule has 16 heavy (non-hydrogen) atoms. The highest BCUT2D eigenvalue weighted by atomic mass is 16.5. The Kier molecular flexibility index (Phi) is 3.83. The molecule has 2 aliphatic carbocycles. The van der Waals surface area contributed by atoms with E-state index in [4.69, 9.17) is 15.7 Å². The van der Waals surface area contributed by atoms with Gasteiger partial charge in [0.05, 0.1) is 18.8 Å². The van der Waals surface area contributed by atoms with Gasteiger partial charge in [0.2, 0.25) is 0 Å². The lowest BCUT2D eigenvalue weighted by Gasteiger charge is -2.24. The fourth-order valence-electron chi connectivity index (χ4n) is 2.51. The van der Waals surface area contributed by atoms with E-state index in [-0.39, 0.29) is 17.6 Å². The minimum absolute atomic E-state index is 0.195. The van der Waals surface area contributed by atoms with E-state index in [1.807, 2.05) is 0 Å². The summed E-state index contributed by atoms with van der Waals surface area (Å²) in [6.07, 6.45) is 9.16. The van der Waals surface area contributed by atoms with Crippen molar-refractivity contribution < 1.29 is 4.74 Å². The molecule has 0 aromatic heterocycles. The Bertz CT molecular complexity index is 268. The molecule has 3 heteroatoms. The van der Waals surface area contributed by atoms with E-state index < -0.39 is 0 Å². The lowest BCUT2D eigenvalue weighted by Crippen LogP contribution is -2.37. The molecule has 90 valence electrons. The van der Waals surface area contributed by atoms with Crippen LogP contribution in [0, 0.1) is 16.7 Å². The van der Waals surface area contributed by atoms with Gasteiger partial charge in [0.25, 0.3) is 0 Å². The van der Waals surface area contributed by atoms with E-state index in [0.717, 1.165) is 32.3 Å². The average molecular weight is 222 g/mol. The summed E-state index contributed by atoms with van der Waals surface area (Å²) in [5.41, 5.74) is 6.31. The molecule has 0 spiro atoms. The third-order valence-corrected chi connectivity index (χ3v) is 4.02. The van der Waals surface area contributed by atoms with Crippen LogP contribution in [0.15, 0.2) is 0 Å². The summed E-state index contributed by atoms with van der Waals surface area (Å²) >= 11 is 0. The minimum Gasteiger partial charge on any atom is -0.376 e. The monoisotopic (exact) mass is 222 g/mol. The lowest BCUT2D eigenvalue weighted by molar-refractivity contribution is 0.00478. The molecule has 0 aromatic carbocycles. The number of rotatable bonds is 4. The first kappa shape index (κ1) is 11.9. The van der Waals surface area contributed by atoms with E-state index >= 15 is 0 Å². The average Bonchev–Trinajstić information content (AvgIpc) is 3.03. The summed E-state index contributed by atoms with van der Waals surface area (Å²) in [6, 6.07) is 2.48. The van der Waals surface area contributed by atoms with Gasteiger partial charge in [-0.15, -0.1) is 0 Å². The van der Waals surface area contributed by atoms with Crippen molar-refractivity contribution >= 4 is 0 Å². The van der Waals surface area contributed by atoms with E-state index in [9.17, 15) is 0 Å². The Balaban J connectivity index is 1.78. The summed E-state index contributed by atoms with van der Waals surface area (Å²) in [7, 11) is 0. The van der Waals surface area contributed by atoms with Crippen molar-refractivity contribution in [3.63, 3.8) is 0 Å². The molecule has 2 saturated carbocycles. The lowest BCUT2D eigenvalue weighted by atomic mass is 10.0. The highest BCUT2D eigenvalue weighted by Crippen LogP contribution is 2.49. The van der Waals surface area contributed by atoms with Gasteiger partial charge in [-0.05, 0) is 25.7 Å². The molecule has 2 atom stereocenters. The third-order valence-electron chi connectivity index (χ3n) is 4.02. The molecule has 0 radical (unpaired) electrons. The van der Waals surface area contributed by atoms with Crippen LogP contribution in [0.3, 0.4) is 0 Å². The molecule has 0 saturated heterocycles. The molecule has 0 aliphatic heterocycles. The number of hydrogen-bond acceptors (Lipinski definition) is 3. The standard InChI is InChI=1S/C13H22N2O/c14-9-8-13(6-7-13)10-16-12-5-3-1-2-4-11(12)15/h11-12H,1-8,10,15H2. The smallest absolute Gasteiger partial charge is 0.0726 e. The molecule has 2 N–H and O–H groups in total. The first-order chi connectivity index (χ1) is 7.76. The second-order valence-corrected chi connectivity index (χ2v) is 5.49. The Morgan fingerprint density at radius 2 is 2.00 bits per heavy atom. The van der Waals surface area contributed by atoms with E-state index in [0.29, 0.717) is 6.42 Å². The van der Waals surface area contributed by atoms with Crippen molar-refractivity contribution in [1.82, 2.24) is 0 Å². The topological polar surface area (TPSA) is 59.0 Å². The molecule has 2 unspecified atom stereocenters. The maximum atomic E-state index is 8.75. The van der Waals surface area contributed by atoms with Gasteiger partial charge in [0.15, 0.2) is 0 Å². The van der Waals surface area contributed by atoms with Crippen molar-refractivity contribution in [1.29, 1.82) is 5.26 Å². The second kappa shape index (κ2) is 5.16. The Hall–Kier alpha value is -0.590. The molecular weight excluding hydrogens is 200 g/mol. The SMILES string of the molecule is N#CCC1(COC2CCCCCC2N)CC1. The fraction of sp³-hybridized carbons (Fsp3) is 0.923. The number of nitrogens with two attached hydrogens (primary N) is 1. The summed E-state index contributed by atoms with van der Waals surface area (Å²) < 4.78 is 5.98. The first-order valence-corrected chi connectivity index (χ1v) is 6.50. The number of hydrogen-bond donors (Lipinski definition) is 1. The van der Waals surface area contributed by atoms with Crippen molar-refractivity contribution in [2.24, 2.45) is 11.1 Å². The predicted molar refractivity (Wildman–Crippen MR) is 62.7 cm³/mol. The molecule has 0 amide bonds. The van der Waals surface area contributed by atoms with Crippen LogP contribution in [0.25, 0.3) is 0 Å². The summed E-state index contributed by atoms with van der Waals surface area (Å²) in [5, 5.41) is 8.75. The molecule has 0 heterocycles. The van der Waals surface area contributed by atoms with E-state index in [1.54, 1.807) is 0 Å². The zero-order chi connectivity index (χ0) is 11.4. The third kappa shape index (κ3) is 2.96. The van der Waals surface area contributed by atoms with Gasteiger partial charge in [-0.25, -0.2) is 0 Å². The zero-order valence-electron chi connectivity index (χ0n) is 9.95. The Morgan fingerprint density at radius 3 is 2.69 bits per heavy atom. The van der Waals surface area contributed by atoms with Crippen molar-refractivity contribution in [3.05, 3.63) is 0 Å². The van der Waals surface area contributed by atoms with Gasteiger partial charge in [-0.3, -0.25) is 0 Å². The van der Waals surface area contributed by atoms with Crippen LogP contribution in [0.1, 0.15) is 51.4 Å². The van der Waals surface area contributed by atoms with Crippen LogP contribution in [0.4, 0.5) is 0 Å². The van der Waals surface area contributed by atoms with Gasteiger partial charge in [0.1, 0.15) is 0 Å². The van der Waals surface area contributed by atoms with Crippen LogP contribution in [-0.4, -0.2) is 18.8 Å². The van der Waals surface area contributed by atoms with E-state index in [2.05, 4.69) is 6.07 Å². The number of ether oxygens (including phenoxy) is 1. The molecule has 0 bridgehead atoms. The molecule has 0 aromatic rings. The fourth-order valence-corrected chi connectivity index (χ4v) is 2.51. The minimum atomic E-state index is 0.195. The van der Waals surface area contributed by atoms with Crippen LogP contribution in [-0.2, 0) is 4.74 Å². The number of nitrogens with zero attached hydrogens (tertiary/aromatic N) is 1. The van der Waals surface area contributed by atoms with Gasteiger partial charge in [0, 0.05) is 17.9 Å². The van der Waals surface area contributed by atoms with Gasteiger partial charge in [-0.2, -0.15) is 5.26 Å². The summed E-state index contributed by atoms with van der Waals surface area (Å²) in [6.45, 7) is 0.749. The van der Waals surface area contributed by atoms with Crippen molar-refractivity contribution in [2.75, 3.05) is 6.61 Å². The molecule has 2 aliphatic rings. The molecule has 3 nitrogen and oxygen atoms in total. The van der Waals surface area contributed by atoms with Gasteiger partial charge in [-0.1, -0.05) is 19.3 Å². The summed E-state index contributed by atoms with van der Waals surface area (Å²) in [5.74, 6) is 0. The molecule has 2 rings (SSSR count). The number of nitriles is 1. The van der Waals surface area contributed by atoms with Crippen LogP contribution in [0.5, 0.6) is 0 Å². The van der Waals surface area contributed by atoms with E-state index in [1.165, 1.54) is 19.3 Å². The first-order valence-electron chi connectivity index (χ1n) is 6.50. The van der Waals surface area contributed by atoms with Crippen molar-refractivity contribution in [3.8, 4) is 6.07 Å². The molecule has 2 fully saturated rings. The van der Waals surface area contributed by atoms with Crippen LogP contribution >= 0.6 is 0 Å². The zero-order valence-corrected chi connectivity index (χ0v) is 9.95. The van der Waals surface area contributed by atoms with Crippen LogP contribution < -0.4 is 5.73 Å². The molecular formula is C13H22N2O. The summed E-state index contributed by atoms with van der Waals surface area (Å²) in [4.78, 5) is 0. The highest BCUT2D eigenvalue weighted by molar-refractivity contribution is 4.99.